The van der Waals surface area contributed by atoms with Crippen molar-refractivity contribution >= 4 is 28.5 Å². The zero-order valence-corrected chi connectivity index (χ0v) is 16.0. The van der Waals surface area contributed by atoms with Gasteiger partial charge in [-0.3, -0.25) is 29.0 Å². The third-order valence-electron chi connectivity index (χ3n) is 4.33. The van der Waals surface area contributed by atoms with Crippen LogP contribution in [0.2, 0.25) is 0 Å². The maximum atomic E-state index is 12.3. The van der Waals surface area contributed by atoms with Crippen molar-refractivity contribution in [2.24, 2.45) is 12.1 Å². The molecule has 0 unspecified atom stereocenters. The van der Waals surface area contributed by atoms with Crippen LogP contribution in [0.1, 0.15) is 19.4 Å². The third kappa shape index (κ3) is 3.83. The van der Waals surface area contributed by atoms with Gasteiger partial charge in [0.2, 0.25) is 5.95 Å². The number of benzene rings is 1. The predicted molar refractivity (Wildman–Crippen MR) is 109 cm³/mol. The molecule has 0 spiro atoms. The minimum atomic E-state index is -0.569. The number of imidazole rings is 1. The summed E-state index contributed by atoms with van der Waals surface area (Å²) in [5.41, 5.74) is 3.14. The molecule has 0 radical (unpaired) electrons. The van der Waals surface area contributed by atoms with Crippen LogP contribution in [0.4, 0.5) is 11.6 Å². The largest absolute Gasteiger partial charge is 0.329 e. The summed E-state index contributed by atoms with van der Waals surface area (Å²) >= 11 is 0. The van der Waals surface area contributed by atoms with E-state index >= 15 is 0 Å². The summed E-state index contributed by atoms with van der Waals surface area (Å²) in [6.07, 6.45) is 3.65. The van der Waals surface area contributed by atoms with Crippen LogP contribution in [0.5, 0.6) is 0 Å². The molecule has 0 saturated carbocycles. The third-order valence-corrected chi connectivity index (χ3v) is 4.33. The Labute approximate surface area is 164 Å². The Hall–Kier alpha value is -4.02. The molecule has 0 amide bonds. The van der Waals surface area contributed by atoms with E-state index in [0.717, 1.165) is 0 Å². The molecule has 1 aromatic carbocycles. The van der Waals surface area contributed by atoms with Gasteiger partial charge in [-0.1, -0.05) is 24.3 Å². The Balaban J connectivity index is 2.06. The number of allylic oxidation sites excluding steroid dienone is 2. The fourth-order valence-corrected chi connectivity index (χ4v) is 2.75. The summed E-state index contributed by atoms with van der Waals surface area (Å²) in [6, 6.07) is 6.08. The first-order valence-corrected chi connectivity index (χ1v) is 8.69. The minimum Gasteiger partial charge on any atom is -0.299 e. The van der Waals surface area contributed by atoms with E-state index in [1.807, 2.05) is 19.1 Å². The van der Waals surface area contributed by atoms with Gasteiger partial charge in [-0.2, -0.15) is 10.1 Å². The van der Waals surface area contributed by atoms with Crippen LogP contribution >= 0.6 is 0 Å². The normalized spacial score (nSPS) is 12.0. The molecule has 29 heavy (non-hydrogen) atoms. The van der Waals surface area contributed by atoms with Gasteiger partial charge >= 0.3 is 5.69 Å². The van der Waals surface area contributed by atoms with Crippen LogP contribution in [0.25, 0.3) is 11.2 Å². The molecule has 2 aromatic heterocycles. The number of fused-ring (bicyclic) bond motifs is 1. The highest BCUT2D eigenvalue weighted by atomic mass is 16.6. The number of H-pyrrole nitrogens is 1. The number of aromatic amines is 1. The molecule has 0 aliphatic heterocycles. The maximum Gasteiger partial charge on any atom is 0.329 e. The van der Waals surface area contributed by atoms with E-state index < -0.39 is 16.2 Å². The Morgan fingerprint density at radius 2 is 2.17 bits per heavy atom. The SMILES string of the molecule is CC=CCn1c(NN=C(C)c2cccc([N+](=O)[O-])c2)nc2c1c(=O)[nH]c(=O)n2C. The number of nitro groups is 1. The number of rotatable bonds is 6. The highest BCUT2D eigenvalue weighted by Crippen LogP contribution is 2.17. The van der Waals surface area contributed by atoms with Crippen LogP contribution in [0, 0.1) is 10.1 Å². The highest BCUT2D eigenvalue weighted by molar-refractivity contribution is 5.99. The monoisotopic (exact) mass is 397 g/mol. The van der Waals surface area contributed by atoms with Crippen LogP contribution in [0.3, 0.4) is 0 Å². The number of hydrogen-bond acceptors (Lipinski definition) is 7. The number of nitrogens with one attached hydrogen (secondary N) is 2. The lowest BCUT2D eigenvalue weighted by Gasteiger charge is -2.06. The standard InChI is InChI=1S/C18H19N7O4/c1-4-5-9-24-14-15(23(3)18(27)20-16(14)26)19-17(24)22-21-11(2)12-7-6-8-13(10-12)25(28)29/h4-8,10H,9H2,1-3H3,(H,19,22)(H,20,26,27). The van der Waals surface area contributed by atoms with E-state index in [-0.39, 0.29) is 22.8 Å². The summed E-state index contributed by atoms with van der Waals surface area (Å²) in [7, 11) is 1.51. The van der Waals surface area contributed by atoms with Crippen molar-refractivity contribution in [2.75, 3.05) is 5.43 Å². The Kier molecular flexibility index (Phi) is 5.39. The molecule has 3 aromatic rings. The molecule has 0 saturated heterocycles. The average molecular weight is 397 g/mol. The summed E-state index contributed by atoms with van der Waals surface area (Å²) in [5, 5.41) is 15.2. The molecule has 11 heteroatoms. The Bertz CT molecular complexity index is 1260. The lowest BCUT2D eigenvalue weighted by atomic mass is 10.1. The number of hydrogen-bond donors (Lipinski definition) is 2. The second-order valence-corrected chi connectivity index (χ2v) is 6.22. The van der Waals surface area contributed by atoms with Crippen molar-refractivity contribution in [1.82, 2.24) is 19.1 Å². The minimum absolute atomic E-state index is 0.0427. The quantitative estimate of drug-likeness (QED) is 0.281. The summed E-state index contributed by atoms with van der Waals surface area (Å²) < 4.78 is 2.84. The van der Waals surface area contributed by atoms with Crippen molar-refractivity contribution in [1.29, 1.82) is 0 Å². The van der Waals surface area contributed by atoms with E-state index in [9.17, 15) is 19.7 Å². The van der Waals surface area contributed by atoms with Gasteiger partial charge in [-0.25, -0.2) is 10.2 Å². The first kappa shape index (κ1) is 19.7. The van der Waals surface area contributed by atoms with Crippen molar-refractivity contribution in [3.63, 3.8) is 0 Å². The molecule has 2 N–H and O–H groups in total. The van der Waals surface area contributed by atoms with Gasteiger partial charge in [0.1, 0.15) is 0 Å². The molecule has 3 rings (SSSR count). The number of aryl methyl sites for hydroxylation is 1. The molecule has 2 heterocycles. The van der Waals surface area contributed by atoms with Gasteiger partial charge in [0.25, 0.3) is 11.2 Å². The second-order valence-electron chi connectivity index (χ2n) is 6.22. The number of hydrazone groups is 1. The predicted octanol–water partition coefficient (Wildman–Crippen LogP) is 1.74. The van der Waals surface area contributed by atoms with Gasteiger partial charge in [0.05, 0.1) is 10.6 Å². The van der Waals surface area contributed by atoms with Crippen molar-refractivity contribution in [3.05, 3.63) is 72.9 Å². The van der Waals surface area contributed by atoms with Crippen LogP contribution in [-0.2, 0) is 13.6 Å². The zero-order valence-electron chi connectivity index (χ0n) is 16.0. The first-order chi connectivity index (χ1) is 13.8. The van der Waals surface area contributed by atoms with E-state index in [0.29, 0.717) is 17.8 Å². The molecule has 11 nitrogen and oxygen atoms in total. The fourth-order valence-electron chi connectivity index (χ4n) is 2.75. The van der Waals surface area contributed by atoms with Crippen molar-refractivity contribution < 1.29 is 4.92 Å². The van der Waals surface area contributed by atoms with Crippen molar-refractivity contribution in [3.8, 4) is 0 Å². The van der Waals surface area contributed by atoms with Gasteiger partial charge < -0.3 is 0 Å². The molecule has 0 atom stereocenters. The number of anilines is 1. The number of nitrogens with zero attached hydrogens (tertiary/aromatic N) is 5. The highest BCUT2D eigenvalue weighted by Gasteiger charge is 2.16. The summed E-state index contributed by atoms with van der Waals surface area (Å²) in [6.45, 7) is 3.87. The topological polar surface area (TPSA) is 140 Å². The van der Waals surface area contributed by atoms with Crippen molar-refractivity contribution in [2.45, 2.75) is 20.4 Å². The number of non-ortho nitro benzene ring substituents is 1. The zero-order chi connectivity index (χ0) is 21.1. The molecule has 0 aliphatic rings. The van der Waals surface area contributed by atoms with Gasteiger partial charge in [-0.15, -0.1) is 0 Å². The van der Waals surface area contributed by atoms with Gasteiger partial charge in [0, 0.05) is 31.3 Å². The fraction of sp³-hybridized carbons (Fsp3) is 0.222. The van der Waals surface area contributed by atoms with Crippen LogP contribution < -0.4 is 16.7 Å². The van der Waals surface area contributed by atoms with Crippen LogP contribution in [0.15, 0.2) is 51.1 Å². The molecule has 0 fully saturated rings. The summed E-state index contributed by atoms with van der Waals surface area (Å²) in [5.74, 6) is 0.259. The van der Waals surface area contributed by atoms with Gasteiger partial charge in [0.15, 0.2) is 11.2 Å². The van der Waals surface area contributed by atoms with E-state index in [2.05, 4.69) is 20.5 Å². The average Bonchev–Trinajstić information content (AvgIpc) is 3.07. The van der Waals surface area contributed by atoms with Gasteiger partial charge in [-0.05, 0) is 13.8 Å². The van der Waals surface area contributed by atoms with Crippen LogP contribution in [-0.4, -0.2) is 29.7 Å². The lowest BCUT2D eigenvalue weighted by molar-refractivity contribution is -0.384. The lowest BCUT2D eigenvalue weighted by Crippen LogP contribution is -2.29. The molecular formula is C18H19N7O4. The Morgan fingerprint density at radius 1 is 1.41 bits per heavy atom. The summed E-state index contributed by atoms with van der Waals surface area (Å²) in [4.78, 5) is 41.3. The second kappa shape index (κ2) is 7.92. The first-order valence-electron chi connectivity index (χ1n) is 8.69. The Morgan fingerprint density at radius 3 is 2.86 bits per heavy atom. The van der Waals surface area contributed by atoms with E-state index in [1.54, 1.807) is 23.6 Å². The molecule has 0 bridgehead atoms. The number of aromatic nitrogens is 4. The van der Waals surface area contributed by atoms with E-state index in [4.69, 9.17) is 0 Å². The molecule has 0 aliphatic carbocycles. The molecular weight excluding hydrogens is 378 g/mol. The van der Waals surface area contributed by atoms with E-state index in [1.165, 1.54) is 23.7 Å². The molecule has 150 valence electrons. The number of nitro benzene ring substituents is 1. The smallest absolute Gasteiger partial charge is 0.299 e. The maximum absolute atomic E-state index is 12.3.